The number of benzene rings is 2. The fraction of sp³-hybridized carbons (Fsp3) is 0.100. The molecule has 0 unspecified atom stereocenters. The summed E-state index contributed by atoms with van der Waals surface area (Å²) in [7, 11) is 0. The van der Waals surface area contributed by atoms with E-state index < -0.39 is 0 Å². The van der Waals surface area contributed by atoms with Gasteiger partial charge in [0.05, 0.1) is 12.1 Å². The summed E-state index contributed by atoms with van der Waals surface area (Å²) in [5.74, 6) is -0.400. The lowest BCUT2D eigenvalue weighted by atomic mass is 10.1. The van der Waals surface area contributed by atoms with Crippen molar-refractivity contribution >= 4 is 33.3 Å². The van der Waals surface area contributed by atoms with Crippen molar-refractivity contribution in [1.82, 2.24) is 9.97 Å². The third-order valence-corrected chi connectivity index (χ3v) is 5.07. The van der Waals surface area contributed by atoms with Gasteiger partial charge in [0.25, 0.3) is 0 Å². The monoisotopic (exact) mass is 365 g/mol. The van der Waals surface area contributed by atoms with Crippen LogP contribution in [-0.4, -0.2) is 15.9 Å². The molecule has 0 saturated carbocycles. The van der Waals surface area contributed by atoms with E-state index in [1.165, 1.54) is 23.5 Å². The summed E-state index contributed by atoms with van der Waals surface area (Å²) in [5.41, 5.74) is 3.55. The average molecular weight is 365 g/mol. The molecule has 0 aliphatic heterocycles. The highest BCUT2D eigenvalue weighted by molar-refractivity contribution is 7.16. The van der Waals surface area contributed by atoms with E-state index in [9.17, 15) is 9.18 Å². The van der Waals surface area contributed by atoms with Gasteiger partial charge in [-0.3, -0.25) is 4.79 Å². The van der Waals surface area contributed by atoms with Gasteiger partial charge in [-0.25, -0.2) is 9.37 Å². The number of anilines is 1. The number of nitrogens with zero attached hydrogens (tertiary/aromatic N) is 1. The van der Waals surface area contributed by atoms with Crippen LogP contribution in [0.3, 0.4) is 0 Å². The normalized spacial score (nSPS) is 11.0. The maximum absolute atomic E-state index is 13.1. The number of carbonyl (C=O) groups excluding carboxylic acids is 1. The van der Waals surface area contributed by atoms with Crippen LogP contribution in [-0.2, 0) is 11.2 Å². The summed E-state index contributed by atoms with van der Waals surface area (Å²) in [6.45, 7) is 1.94. The molecular formula is C20H16FN3OS. The Bertz CT molecular complexity index is 1080. The number of aromatic amines is 1. The molecule has 2 heterocycles. The van der Waals surface area contributed by atoms with E-state index in [0.717, 1.165) is 32.6 Å². The fourth-order valence-corrected chi connectivity index (χ4v) is 3.79. The summed E-state index contributed by atoms with van der Waals surface area (Å²) in [6, 6.07) is 14.1. The first-order valence-corrected chi connectivity index (χ1v) is 9.00. The number of hydrogen-bond acceptors (Lipinski definition) is 3. The average Bonchev–Trinajstić information content (AvgIpc) is 3.19. The second-order valence-electron chi connectivity index (χ2n) is 6.02. The number of halogens is 1. The van der Waals surface area contributed by atoms with Gasteiger partial charge >= 0.3 is 0 Å². The van der Waals surface area contributed by atoms with E-state index in [0.29, 0.717) is 5.13 Å². The fourth-order valence-electron chi connectivity index (χ4n) is 2.94. The van der Waals surface area contributed by atoms with Crippen LogP contribution >= 0.6 is 11.3 Å². The molecule has 6 heteroatoms. The van der Waals surface area contributed by atoms with Crippen LogP contribution in [0.2, 0.25) is 0 Å². The smallest absolute Gasteiger partial charge is 0.230 e. The molecule has 4 nitrogen and oxygen atoms in total. The first kappa shape index (κ1) is 16.5. The number of nitrogens with one attached hydrogen (secondary N) is 2. The largest absolute Gasteiger partial charge is 0.361 e. The predicted octanol–water partition coefficient (Wildman–Crippen LogP) is 4.92. The zero-order valence-electron chi connectivity index (χ0n) is 14.0. The standard InChI is InChI=1S/C20H16FN3OS/c1-12-19(13-6-8-15(21)9-7-13)24-20(26-12)23-18(25)10-14-11-22-17-5-3-2-4-16(14)17/h2-9,11,22H,10H2,1H3,(H,23,24,25). The van der Waals surface area contributed by atoms with E-state index in [1.807, 2.05) is 37.4 Å². The number of thiazole rings is 1. The SMILES string of the molecule is Cc1sc(NC(=O)Cc2c[nH]c3ccccc23)nc1-c1ccc(F)cc1. The predicted molar refractivity (Wildman–Crippen MR) is 103 cm³/mol. The molecule has 0 fully saturated rings. The Kier molecular flexibility index (Phi) is 4.26. The van der Waals surface area contributed by atoms with Crippen LogP contribution in [0.15, 0.2) is 54.7 Å². The molecule has 26 heavy (non-hydrogen) atoms. The van der Waals surface area contributed by atoms with Crippen molar-refractivity contribution in [3.8, 4) is 11.3 Å². The van der Waals surface area contributed by atoms with Crippen molar-refractivity contribution < 1.29 is 9.18 Å². The quantitative estimate of drug-likeness (QED) is 0.539. The summed E-state index contributed by atoms with van der Waals surface area (Å²) in [6.07, 6.45) is 2.13. The molecule has 130 valence electrons. The van der Waals surface area contributed by atoms with Crippen molar-refractivity contribution in [3.05, 3.63) is 71.0 Å². The number of fused-ring (bicyclic) bond motifs is 1. The second-order valence-corrected chi connectivity index (χ2v) is 7.22. The minimum Gasteiger partial charge on any atom is -0.361 e. The van der Waals surface area contributed by atoms with E-state index in [1.54, 1.807) is 12.1 Å². The van der Waals surface area contributed by atoms with Crippen LogP contribution in [0.25, 0.3) is 22.2 Å². The number of amides is 1. The van der Waals surface area contributed by atoms with Crippen LogP contribution < -0.4 is 5.32 Å². The van der Waals surface area contributed by atoms with Gasteiger partial charge in [-0.15, -0.1) is 11.3 Å². The number of aromatic nitrogens is 2. The molecule has 2 aromatic carbocycles. The van der Waals surface area contributed by atoms with E-state index >= 15 is 0 Å². The van der Waals surface area contributed by atoms with Crippen LogP contribution in [0, 0.1) is 12.7 Å². The van der Waals surface area contributed by atoms with Gasteiger partial charge in [0.2, 0.25) is 5.91 Å². The van der Waals surface area contributed by atoms with Gasteiger partial charge in [-0.2, -0.15) is 0 Å². The number of rotatable bonds is 4. The van der Waals surface area contributed by atoms with E-state index in [4.69, 9.17) is 0 Å². The molecule has 1 amide bonds. The minimum atomic E-state index is -0.283. The Morgan fingerprint density at radius 1 is 1.19 bits per heavy atom. The zero-order chi connectivity index (χ0) is 18.1. The Morgan fingerprint density at radius 2 is 1.96 bits per heavy atom. The highest BCUT2D eigenvalue weighted by Crippen LogP contribution is 2.30. The molecule has 4 rings (SSSR count). The number of carbonyl (C=O) groups is 1. The second kappa shape index (κ2) is 6.72. The van der Waals surface area contributed by atoms with Crippen molar-refractivity contribution in [2.75, 3.05) is 5.32 Å². The topological polar surface area (TPSA) is 57.8 Å². The first-order valence-electron chi connectivity index (χ1n) is 8.18. The van der Waals surface area contributed by atoms with Crippen molar-refractivity contribution in [2.24, 2.45) is 0 Å². The molecule has 2 N–H and O–H groups in total. The van der Waals surface area contributed by atoms with Crippen molar-refractivity contribution in [2.45, 2.75) is 13.3 Å². The van der Waals surface area contributed by atoms with Crippen molar-refractivity contribution in [1.29, 1.82) is 0 Å². The summed E-state index contributed by atoms with van der Waals surface area (Å²) in [5, 5.41) is 4.46. The Hall–Kier alpha value is -2.99. The van der Waals surface area contributed by atoms with Gasteiger partial charge in [0.15, 0.2) is 5.13 Å². The number of hydrogen-bond donors (Lipinski definition) is 2. The maximum atomic E-state index is 13.1. The molecular weight excluding hydrogens is 349 g/mol. The maximum Gasteiger partial charge on any atom is 0.230 e. The molecule has 0 atom stereocenters. The van der Waals surface area contributed by atoms with E-state index in [2.05, 4.69) is 15.3 Å². The van der Waals surface area contributed by atoms with Crippen LogP contribution in [0.5, 0.6) is 0 Å². The lowest BCUT2D eigenvalue weighted by Crippen LogP contribution is -2.14. The van der Waals surface area contributed by atoms with Gasteiger partial charge in [-0.05, 0) is 42.8 Å². The van der Waals surface area contributed by atoms with Gasteiger partial charge in [-0.1, -0.05) is 18.2 Å². The summed E-state index contributed by atoms with van der Waals surface area (Å²) >= 11 is 1.41. The summed E-state index contributed by atoms with van der Waals surface area (Å²) < 4.78 is 13.1. The third kappa shape index (κ3) is 3.23. The summed E-state index contributed by atoms with van der Waals surface area (Å²) in [4.78, 5) is 21.1. The van der Waals surface area contributed by atoms with Gasteiger partial charge in [0, 0.05) is 27.5 Å². The molecule has 0 radical (unpaired) electrons. The highest BCUT2D eigenvalue weighted by atomic mass is 32.1. The molecule has 0 saturated heterocycles. The Balaban J connectivity index is 1.51. The molecule has 2 aromatic heterocycles. The highest BCUT2D eigenvalue weighted by Gasteiger charge is 2.14. The number of aryl methyl sites for hydroxylation is 1. The lowest BCUT2D eigenvalue weighted by molar-refractivity contribution is -0.115. The van der Waals surface area contributed by atoms with Gasteiger partial charge < -0.3 is 10.3 Å². The molecule has 0 spiro atoms. The molecule has 0 bridgehead atoms. The van der Waals surface area contributed by atoms with E-state index in [-0.39, 0.29) is 18.1 Å². The van der Waals surface area contributed by atoms with Crippen LogP contribution in [0.4, 0.5) is 9.52 Å². The Morgan fingerprint density at radius 3 is 2.77 bits per heavy atom. The number of H-pyrrole nitrogens is 1. The van der Waals surface area contributed by atoms with Gasteiger partial charge in [0.1, 0.15) is 5.82 Å². The lowest BCUT2D eigenvalue weighted by Gasteiger charge is -2.01. The Labute approximate surface area is 153 Å². The van der Waals surface area contributed by atoms with Crippen LogP contribution in [0.1, 0.15) is 10.4 Å². The first-order chi connectivity index (χ1) is 12.6. The minimum absolute atomic E-state index is 0.117. The molecule has 0 aliphatic rings. The molecule has 4 aromatic rings. The zero-order valence-corrected chi connectivity index (χ0v) is 14.9. The number of para-hydroxylation sites is 1. The third-order valence-electron chi connectivity index (χ3n) is 4.19. The van der Waals surface area contributed by atoms with Crippen molar-refractivity contribution in [3.63, 3.8) is 0 Å². The molecule has 0 aliphatic carbocycles.